The number of rotatable bonds is 5. The number of nitrogens with one attached hydrogen (secondary N) is 2. The van der Waals surface area contributed by atoms with Gasteiger partial charge >= 0.3 is 6.09 Å². The van der Waals surface area contributed by atoms with E-state index in [1.807, 2.05) is 25.1 Å². The zero-order chi connectivity index (χ0) is 18.5. The lowest BCUT2D eigenvalue weighted by atomic mass is 10.3. The van der Waals surface area contributed by atoms with Crippen LogP contribution in [0.1, 0.15) is 17.6 Å². The summed E-state index contributed by atoms with van der Waals surface area (Å²) in [5, 5.41) is 6.87. The Morgan fingerprint density at radius 3 is 2.54 bits per heavy atom. The molecule has 0 bridgehead atoms. The number of carbonyl (C=O) groups excluding carboxylic acids is 1. The standard InChI is InChI=1S/C18H19N5O2S/c1-4-15-20-11(2)16(26-15)14-9-10-19-17(23-14)21-12-5-7-13(8-6-12)22-18(24)25-3/h5-10H,4H2,1-3H3,(H,22,24)(H,19,21,23). The van der Waals surface area contributed by atoms with Gasteiger partial charge in [0, 0.05) is 17.6 Å². The Bertz CT molecular complexity index is 908. The zero-order valence-electron chi connectivity index (χ0n) is 14.7. The SMILES string of the molecule is CCc1nc(C)c(-c2ccnc(Nc3ccc(NC(=O)OC)cc3)n2)s1. The number of methoxy groups -OCH3 is 1. The van der Waals surface area contributed by atoms with Crippen LogP contribution in [0.2, 0.25) is 0 Å². The van der Waals surface area contributed by atoms with Gasteiger partial charge < -0.3 is 10.1 Å². The van der Waals surface area contributed by atoms with Gasteiger partial charge in [-0.2, -0.15) is 0 Å². The van der Waals surface area contributed by atoms with Crippen molar-refractivity contribution in [3.63, 3.8) is 0 Å². The molecule has 0 saturated carbocycles. The number of ether oxygens (including phenoxy) is 1. The van der Waals surface area contributed by atoms with E-state index < -0.39 is 6.09 Å². The van der Waals surface area contributed by atoms with Crippen LogP contribution >= 0.6 is 11.3 Å². The fourth-order valence-electron chi connectivity index (χ4n) is 2.32. The molecule has 26 heavy (non-hydrogen) atoms. The van der Waals surface area contributed by atoms with E-state index in [1.54, 1.807) is 29.7 Å². The van der Waals surface area contributed by atoms with Crippen LogP contribution in [0.5, 0.6) is 0 Å². The molecule has 3 rings (SSSR count). The van der Waals surface area contributed by atoms with Gasteiger partial charge in [-0.1, -0.05) is 6.92 Å². The van der Waals surface area contributed by atoms with Crippen LogP contribution in [0.3, 0.4) is 0 Å². The maximum atomic E-state index is 11.2. The molecule has 0 atom stereocenters. The third kappa shape index (κ3) is 4.15. The molecule has 134 valence electrons. The van der Waals surface area contributed by atoms with Gasteiger partial charge in [-0.15, -0.1) is 11.3 Å². The number of hydrogen-bond donors (Lipinski definition) is 2. The van der Waals surface area contributed by atoms with Gasteiger partial charge in [0.1, 0.15) is 0 Å². The van der Waals surface area contributed by atoms with Gasteiger partial charge in [-0.25, -0.2) is 19.7 Å². The molecule has 8 heteroatoms. The number of aromatic nitrogens is 3. The molecule has 2 heterocycles. The molecule has 0 unspecified atom stereocenters. The van der Waals surface area contributed by atoms with Gasteiger partial charge in [0.05, 0.1) is 28.4 Å². The monoisotopic (exact) mass is 369 g/mol. The summed E-state index contributed by atoms with van der Waals surface area (Å²) in [6.45, 7) is 4.08. The van der Waals surface area contributed by atoms with Gasteiger partial charge in [0.15, 0.2) is 0 Å². The third-order valence-corrected chi connectivity index (χ3v) is 4.93. The molecule has 3 aromatic rings. The average Bonchev–Trinajstić information content (AvgIpc) is 3.04. The quantitative estimate of drug-likeness (QED) is 0.693. The lowest BCUT2D eigenvalue weighted by molar-refractivity contribution is 0.187. The predicted molar refractivity (Wildman–Crippen MR) is 103 cm³/mol. The smallest absolute Gasteiger partial charge is 0.411 e. The van der Waals surface area contributed by atoms with Crippen LogP contribution in [-0.2, 0) is 11.2 Å². The van der Waals surface area contributed by atoms with E-state index in [0.29, 0.717) is 11.6 Å². The minimum Gasteiger partial charge on any atom is -0.453 e. The first-order chi connectivity index (χ1) is 12.6. The second kappa shape index (κ2) is 7.92. The van der Waals surface area contributed by atoms with Crippen molar-refractivity contribution in [1.82, 2.24) is 15.0 Å². The van der Waals surface area contributed by atoms with Crippen LogP contribution in [-0.4, -0.2) is 28.2 Å². The van der Waals surface area contributed by atoms with E-state index in [0.717, 1.165) is 33.4 Å². The topological polar surface area (TPSA) is 89.0 Å². The molecule has 2 N–H and O–H groups in total. The minimum atomic E-state index is -0.506. The first kappa shape index (κ1) is 17.8. The largest absolute Gasteiger partial charge is 0.453 e. The molecule has 0 spiro atoms. The van der Waals surface area contributed by atoms with E-state index in [-0.39, 0.29) is 0 Å². The molecule has 0 aliphatic rings. The highest BCUT2D eigenvalue weighted by molar-refractivity contribution is 7.15. The predicted octanol–water partition coefficient (Wildman–Crippen LogP) is 4.39. The Morgan fingerprint density at radius 1 is 1.15 bits per heavy atom. The molecular formula is C18H19N5O2S. The van der Waals surface area contributed by atoms with Gasteiger partial charge in [-0.3, -0.25) is 5.32 Å². The second-order valence-corrected chi connectivity index (χ2v) is 6.54. The molecular weight excluding hydrogens is 350 g/mol. The molecule has 0 radical (unpaired) electrons. The Labute approximate surface area is 155 Å². The number of anilines is 3. The highest BCUT2D eigenvalue weighted by atomic mass is 32.1. The van der Waals surface area contributed by atoms with Crippen molar-refractivity contribution in [2.24, 2.45) is 0 Å². The first-order valence-corrected chi connectivity index (χ1v) is 8.92. The third-order valence-electron chi connectivity index (χ3n) is 3.60. The molecule has 2 aromatic heterocycles. The van der Waals surface area contributed by atoms with E-state index >= 15 is 0 Å². The molecule has 0 aliphatic carbocycles. The van der Waals surface area contributed by atoms with Crippen molar-refractivity contribution in [2.45, 2.75) is 20.3 Å². The number of hydrogen-bond acceptors (Lipinski definition) is 7. The highest BCUT2D eigenvalue weighted by Gasteiger charge is 2.11. The lowest BCUT2D eigenvalue weighted by Gasteiger charge is -2.08. The van der Waals surface area contributed by atoms with E-state index in [2.05, 4.69) is 37.2 Å². The van der Waals surface area contributed by atoms with Crippen molar-refractivity contribution >= 4 is 34.8 Å². The first-order valence-electron chi connectivity index (χ1n) is 8.11. The minimum absolute atomic E-state index is 0.502. The fraction of sp³-hybridized carbons (Fsp3) is 0.222. The summed E-state index contributed by atoms with van der Waals surface area (Å²) in [5.41, 5.74) is 3.29. The van der Waals surface area contributed by atoms with Crippen LogP contribution in [0.25, 0.3) is 10.6 Å². The maximum Gasteiger partial charge on any atom is 0.411 e. The summed E-state index contributed by atoms with van der Waals surface area (Å²) < 4.78 is 4.56. The second-order valence-electron chi connectivity index (χ2n) is 5.46. The lowest BCUT2D eigenvalue weighted by Crippen LogP contribution is -2.10. The van der Waals surface area contributed by atoms with Crippen molar-refractivity contribution in [3.05, 3.63) is 47.2 Å². The van der Waals surface area contributed by atoms with Gasteiger partial charge in [-0.05, 0) is 43.7 Å². The highest BCUT2D eigenvalue weighted by Crippen LogP contribution is 2.29. The number of benzene rings is 1. The molecule has 7 nitrogen and oxygen atoms in total. The molecule has 0 saturated heterocycles. The molecule has 0 aliphatic heterocycles. The normalized spacial score (nSPS) is 10.4. The number of amides is 1. The number of nitrogens with zero attached hydrogens (tertiary/aromatic N) is 3. The van der Waals surface area contributed by atoms with Crippen LogP contribution in [0.15, 0.2) is 36.5 Å². The summed E-state index contributed by atoms with van der Waals surface area (Å²) in [7, 11) is 1.32. The van der Waals surface area contributed by atoms with E-state index in [4.69, 9.17) is 0 Å². The van der Waals surface area contributed by atoms with Gasteiger partial charge in [0.25, 0.3) is 0 Å². The Hall–Kier alpha value is -3.00. The summed E-state index contributed by atoms with van der Waals surface area (Å²) in [4.78, 5) is 25.7. The Morgan fingerprint density at radius 2 is 1.88 bits per heavy atom. The Balaban J connectivity index is 1.76. The number of thiazole rings is 1. The molecule has 1 amide bonds. The van der Waals surface area contributed by atoms with Crippen molar-refractivity contribution in [1.29, 1.82) is 0 Å². The van der Waals surface area contributed by atoms with Crippen LogP contribution < -0.4 is 10.6 Å². The van der Waals surface area contributed by atoms with E-state index in [9.17, 15) is 4.79 Å². The maximum absolute atomic E-state index is 11.2. The Kier molecular flexibility index (Phi) is 5.43. The number of carbonyl (C=O) groups is 1. The average molecular weight is 369 g/mol. The van der Waals surface area contributed by atoms with Crippen molar-refractivity contribution in [2.75, 3.05) is 17.7 Å². The molecule has 0 fully saturated rings. The van der Waals surface area contributed by atoms with Crippen molar-refractivity contribution in [3.8, 4) is 10.6 Å². The summed E-state index contributed by atoms with van der Waals surface area (Å²) in [6.07, 6.45) is 2.13. The summed E-state index contributed by atoms with van der Waals surface area (Å²) in [6, 6.07) is 9.07. The fourth-order valence-corrected chi connectivity index (χ4v) is 3.30. The molecule has 1 aromatic carbocycles. The van der Waals surface area contributed by atoms with Crippen LogP contribution in [0.4, 0.5) is 22.1 Å². The summed E-state index contributed by atoms with van der Waals surface area (Å²) >= 11 is 1.66. The van der Waals surface area contributed by atoms with Gasteiger partial charge in [0.2, 0.25) is 5.95 Å². The van der Waals surface area contributed by atoms with Crippen molar-refractivity contribution < 1.29 is 9.53 Å². The summed E-state index contributed by atoms with van der Waals surface area (Å²) in [5.74, 6) is 0.502. The van der Waals surface area contributed by atoms with Crippen LogP contribution in [0, 0.1) is 6.92 Å². The zero-order valence-corrected chi connectivity index (χ0v) is 15.6. The van der Waals surface area contributed by atoms with E-state index in [1.165, 1.54) is 7.11 Å². The number of aryl methyl sites for hydroxylation is 2.